The first-order valence-corrected chi connectivity index (χ1v) is 12.8. The van der Waals surface area contributed by atoms with Gasteiger partial charge in [-0.2, -0.15) is 0 Å². The molecule has 2 aromatic rings. The maximum atomic E-state index is 6.18. The lowest BCUT2D eigenvalue weighted by Gasteiger charge is -2.29. The van der Waals surface area contributed by atoms with Crippen LogP contribution in [0, 0.1) is 7.14 Å². The van der Waals surface area contributed by atoms with E-state index in [4.69, 9.17) is 9.47 Å². The van der Waals surface area contributed by atoms with E-state index >= 15 is 0 Å². The summed E-state index contributed by atoms with van der Waals surface area (Å²) in [5, 5.41) is 0. The van der Waals surface area contributed by atoms with Crippen LogP contribution in [0.2, 0.25) is 12.1 Å². The summed E-state index contributed by atoms with van der Waals surface area (Å²) in [7, 11) is -1.61. The minimum Gasteiger partial charge on any atom is -0.496 e. The first-order chi connectivity index (χ1) is 11.1. The Morgan fingerprint density at radius 1 is 0.739 bits per heavy atom. The Kier molecular flexibility index (Phi) is 7.67. The van der Waals surface area contributed by atoms with E-state index in [9.17, 15) is 0 Å². The molecule has 0 aliphatic carbocycles. The highest BCUT2D eigenvalue weighted by atomic mass is 127. The van der Waals surface area contributed by atoms with Gasteiger partial charge in [0, 0.05) is 0 Å². The first kappa shape index (κ1) is 19.0. The van der Waals surface area contributed by atoms with Crippen LogP contribution in [0.3, 0.4) is 0 Å². The first-order valence-electron chi connectivity index (χ1n) is 7.85. The largest absolute Gasteiger partial charge is 0.496 e. The molecule has 0 heterocycles. The number of benzene rings is 2. The SMILES string of the molecule is CC[Si](CC)(COc1ccccc1I)COc1ccccc1I. The van der Waals surface area contributed by atoms with Crippen LogP contribution in [0.1, 0.15) is 13.8 Å². The van der Waals surface area contributed by atoms with Crippen LogP contribution in [-0.2, 0) is 0 Å². The van der Waals surface area contributed by atoms with Crippen LogP contribution in [0.4, 0.5) is 0 Å². The number of halogens is 2. The van der Waals surface area contributed by atoms with Crippen LogP contribution < -0.4 is 9.47 Å². The molecule has 0 saturated heterocycles. The fourth-order valence-electron chi connectivity index (χ4n) is 2.29. The molecule has 2 nitrogen and oxygen atoms in total. The van der Waals surface area contributed by atoms with Gasteiger partial charge in [0.25, 0.3) is 0 Å². The molecular weight excluding hydrogens is 530 g/mol. The van der Waals surface area contributed by atoms with Gasteiger partial charge in [0.1, 0.15) is 19.6 Å². The predicted octanol–water partition coefficient (Wildman–Crippen LogP) is 5.92. The molecule has 0 aliphatic rings. The van der Waals surface area contributed by atoms with E-state index in [1.807, 2.05) is 36.4 Å². The summed E-state index contributed by atoms with van der Waals surface area (Å²) in [5.74, 6) is 1.97. The van der Waals surface area contributed by atoms with Gasteiger partial charge in [0.2, 0.25) is 0 Å². The van der Waals surface area contributed by atoms with E-state index < -0.39 is 8.07 Å². The molecule has 0 bridgehead atoms. The van der Waals surface area contributed by atoms with Crippen molar-refractivity contribution in [2.45, 2.75) is 25.9 Å². The van der Waals surface area contributed by atoms with E-state index in [1.165, 1.54) is 7.14 Å². The third-order valence-corrected chi connectivity index (χ3v) is 10.5. The van der Waals surface area contributed by atoms with Crippen LogP contribution in [-0.4, -0.2) is 20.5 Å². The van der Waals surface area contributed by atoms with Crippen LogP contribution in [0.5, 0.6) is 11.5 Å². The zero-order chi connectivity index (χ0) is 16.7. The molecular formula is C18H22I2O2Si. The molecule has 0 unspecified atom stereocenters. The molecule has 0 aliphatic heterocycles. The van der Waals surface area contributed by atoms with Crippen molar-refractivity contribution in [1.29, 1.82) is 0 Å². The second kappa shape index (κ2) is 9.27. The Hall–Kier alpha value is -0.283. The highest BCUT2D eigenvalue weighted by Crippen LogP contribution is 2.25. The minimum atomic E-state index is -1.61. The van der Waals surface area contributed by atoms with E-state index in [-0.39, 0.29) is 0 Å². The molecule has 2 aromatic carbocycles. The van der Waals surface area contributed by atoms with Crippen LogP contribution >= 0.6 is 45.2 Å². The van der Waals surface area contributed by atoms with E-state index in [1.54, 1.807) is 0 Å². The molecule has 0 N–H and O–H groups in total. The molecule has 124 valence electrons. The second-order valence-electron chi connectivity index (χ2n) is 5.65. The lowest BCUT2D eigenvalue weighted by molar-refractivity contribution is 0.338. The fourth-order valence-corrected chi connectivity index (χ4v) is 5.69. The maximum absolute atomic E-state index is 6.18. The minimum absolute atomic E-state index is 0.809. The van der Waals surface area contributed by atoms with Gasteiger partial charge >= 0.3 is 0 Å². The highest BCUT2D eigenvalue weighted by molar-refractivity contribution is 14.1. The zero-order valence-electron chi connectivity index (χ0n) is 13.5. The highest BCUT2D eigenvalue weighted by Gasteiger charge is 2.32. The van der Waals surface area contributed by atoms with Gasteiger partial charge in [-0.3, -0.25) is 0 Å². The summed E-state index contributed by atoms with van der Waals surface area (Å²) in [6.45, 7) is 4.54. The summed E-state index contributed by atoms with van der Waals surface area (Å²) in [5.41, 5.74) is 0. The summed E-state index contributed by atoms with van der Waals surface area (Å²) >= 11 is 4.66. The molecule has 2 rings (SSSR count). The molecule has 0 radical (unpaired) electrons. The number of hydrogen-bond donors (Lipinski definition) is 0. The Morgan fingerprint density at radius 2 is 1.13 bits per heavy atom. The van der Waals surface area contributed by atoms with Crippen molar-refractivity contribution >= 4 is 53.3 Å². The zero-order valence-corrected chi connectivity index (χ0v) is 18.8. The smallest absolute Gasteiger partial charge is 0.141 e. The third-order valence-electron chi connectivity index (χ3n) is 4.24. The average molecular weight is 552 g/mol. The van der Waals surface area contributed by atoms with Gasteiger partial charge in [-0.1, -0.05) is 50.2 Å². The van der Waals surface area contributed by atoms with Crippen molar-refractivity contribution in [1.82, 2.24) is 0 Å². The fraction of sp³-hybridized carbons (Fsp3) is 0.333. The second-order valence-corrected chi connectivity index (χ2v) is 13.0. The van der Waals surface area contributed by atoms with Crippen molar-refractivity contribution in [2.24, 2.45) is 0 Å². The molecule has 0 spiro atoms. The van der Waals surface area contributed by atoms with Gasteiger partial charge in [0.05, 0.1) is 19.6 Å². The third kappa shape index (κ3) is 5.35. The Balaban J connectivity index is 2.04. The average Bonchev–Trinajstić information content (AvgIpc) is 2.58. The molecule has 0 saturated carbocycles. The normalized spacial score (nSPS) is 11.3. The molecule has 0 amide bonds. The van der Waals surface area contributed by atoms with Crippen molar-refractivity contribution in [3.05, 3.63) is 55.7 Å². The Labute approximate surface area is 167 Å². The van der Waals surface area contributed by atoms with Gasteiger partial charge in [-0.05, 0) is 69.4 Å². The van der Waals surface area contributed by atoms with Gasteiger partial charge < -0.3 is 9.47 Å². The van der Waals surface area contributed by atoms with E-state index in [2.05, 4.69) is 71.2 Å². The van der Waals surface area contributed by atoms with Crippen molar-refractivity contribution in [3.63, 3.8) is 0 Å². The lowest BCUT2D eigenvalue weighted by Crippen LogP contribution is -2.46. The van der Waals surface area contributed by atoms with E-state index in [0.717, 1.165) is 36.0 Å². The lowest BCUT2D eigenvalue weighted by atomic mass is 10.3. The number of hydrogen-bond acceptors (Lipinski definition) is 2. The summed E-state index contributed by atoms with van der Waals surface area (Å²) in [6, 6.07) is 18.7. The molecule has 0 fully saturated rings. The van der Waals surface area contributed by atoms with Gasteiger partial charge in [-0.15, -0.1) is 0 Å². The number of rotatable bonds is 8. The standard InChI is InChI=1S/C18H22I2O2Si/c1-3-23(4-2,13-21-17-11-7-5-9-15(17)19)14-22-18-12-8-6-10-16(18)20/h5-12H,3-4,13-14H2,1-2H3. The maximum Gasteiger partial charge on any atom is 0.141 e. The Bertz CT molecular complexity index is 578. The number of ether oxygens (including phenoxy) is 2. The monoisotopic (exact) mass is 552 g/mol. The molecule has 0 atom stereocenters. The molecule has 23 heavy (non-hydrogen) atoms. The van der Waals surface area contributed by atoms with Crippen molar-refractivity contribution in [3.8, 4) is 11.5 Å². The summed E-state index contributed by atoms with van der Waals surface area (Å²) in [6.07, 6.45) is 1.62. The predicted molar refractivity (Wildman–Crippen MR) is 116 cm³/mol. The quantitative estimate of drug-likeness (QED) is 0.299. The van der Waals surface area contributed by atoms with Gasteiger partial charge in [0.15, 0.2) is 0 Å². The topological polar surface area (TPSA) is 18.5 Å². The van der Waals surface area contributed by atoms with Crippen molar-refractivity contribution < 1.29 is 9.47 Å². The summed E-state index contributed by atoms with van der Waals surface area (Å²) < 4.78 is 14.7. The number of para-hydroxylation sites is 2. The van der Waals surface area contributed by atoms with Gasteiger partial charge in [-0.25, -0.2) is 0 Å². The Morgan fingerprint density at radius 3 is 1.48 bits per heavy atom. The van der Waals surface area contributed by atoms with Crippen LogP contribution in [0.25, 0.3) is 0 Å². The molecule has 0 aromatic heterocycles. The van der Waals surface area contributed by atoms with Crippen molar-refractivity contribution in [2.75, 3.05) is 12.5 Å². The summed E-state index contributed by atoms with van der Waals surface area (Å²) in [4.78, 5) is 0. The van der Waals surface area contributed by atoms with Crippen LogP contribution in [0.15, 0.2) is 48.5 Å². The van der Waals surface area contributed by atoms with E-state index in [0.29, 0.717) is 0 Å². The molecule has 5 heteroatoms.